The predicted octanol–water partition coefficient (Wildman–Crippen LogP) is 1.50. The van der Waals surface area contributed by atoms with Crippen molar-refractivity contribution in [2.45, 2.75) is 0 Å². The number of nitrogens with one attached hydrogen (secondary N) is 1. The Morgan fingerprint density at radius 1 is 1.19 bits per heavy atom. The molecule has 0 aliphatic carbocycles. The van der Waals surface area contributed by atoms with Crippen molar-refractivity contribution in [1.82, 2.24) is 9.97 Å². The van der Waals surface area contributed by atoms with Crippen LogP contribution >= 0.6 is 0 Å². The first kappa shape index (κ1) is 10.4. The van der Waals surface area contributed by atoms with Gasteiger partial charge in [0.25, 0.3) is 5.56 Å². The molecule has 0 spiro atoms. The molecule has 2 rings (SSSR count). The van der Waals surface area contributed by atoms with Crippen LogP contribution < -0.4 is 10.5 Å². The van der Waals surface area contributed by atoms with Crippen LogP contribution in [0.3, 0.4) is 0 Å². The summed E-state index contributed by atoms with van der Waals surface area (Å²) in [5, 5.41) is 0. The van der Waals surface area contributed by atoms with E-state index in [-0.39, 0.29) is 5.56 Å². The van der Waals surface area contributed by atoms with Gasteiger partial charge in [-0.15, -0.1) is 0 Å². The van der Waals surface area contributed by atoms with Gasteiger partial charge in [0.2, 0.25) is 5.95 Å². The third-order valence-corrected chi connectivity index (χ3v) is 2.22. The minimum absolute atomic E-state index is 0.141. The Balaban J connectivity index is 2.54. The Bertz CT molecular complexity index is 531. The Kier molecular flexibility index (Phi) is 2.72. The quantitative estimate of drug-likeness (QED) is 0.826. The topological polar surface area (TPSA) is 49.0 Å². The van der Waals surface area contributed by atoms with E-state index in [9.17, 15) is 4.79 Å². The Morgan fingerprint density at radius 3 is 2.50 bits per heavy atom. The average molecular weight is 215 g/mol. The van der Waals surface area contributed by atoms with Crippen LogP contribution in [-0.4, -0.2) is 24.1 Å². The largest absolute Gasteiger partial charge is 0.348 e. The number of aromatic amines is 1. The van der Waals surface area contributed by atoms with Crippen molar-refractivity contribution in [3.05, 3.63) is 46.8 Å². The molecule has 0 aliphatic heterocycles. The van der Waals surface area contributed by atoms with Gasteiger partial charge in [-0.05, 0) is 0 Å². The molecule has 16 heavy (non-hydrogen) atoms. The molecule has 0 aliphatic rings. The number of H-pyrrole nitrogens is 1. The molecule has 2 aromatic rings. The summed E-state index contributed by atoms with van der Waals surface area (Å²) in [5.74, 6) is 0.561. The van der Waals surface area contributed by atoms with Gasteiger partial charge in [-0.3, -0.25) is 9.78 Å². The molecule has 82 valence electrons. The molecule has 4 nitrogen and oxygen atoms in total. The maximum absolute atomic E-state index is 11.5. The molecule has 0 saturated carbocycles. The number of benzene rings is 1. The van der Waals surface area contributed by atoms with E-state index < -0.39 is 0 Å². The number of rotatable bonds is 2. The smallest absolute Gasteiger partial charge is 0.252 e. The molecule has 1 aromatic carbocycles. The number of nitrogens with zero attached hydrogens (tertiary/aromatic N) is 2. The van der Waals surface area contributed by atoms with E-state index in [2.05, 4.69) is 9.97 Å². The van der Waals surface area contributed by atoms with Gasteiger partial charge in [0.05, 0.1) is 5.69 Å². The lowest BCUT2D eigenvalue weighted by molar-refractivity contribution is 0.984. The van der Waals surface area contributed by atoms with Crippen LogP contribution in [0.25, 0.3) is 11.3 Å². The highest BCUT2D eigenvalue weighted by Crippen LogP contribution is 2.15. The molecule has 1 heterocycles. The maximum Gasteiger partial charge on any atom is 0.252 e. The van der Waals surface area contributed by atoms with Crippen LogP contribution in [0.4, 0.5) is 5.95 Å². The van der Waals surface area contributed by atoms with Crippen LogP contribution in [-0.2, 0) is 0 Å². The third-order valence-electron chi connectivity index (χ3n) is 2.22. The van der Waals surface area contributed by atoms with Crippen LogP contribution in [0.2, 0.25) is 0 Å². The van der Waals surface area contributed by atoms with Crippen LogP contribution in [0.1, 0.15) is 0 Å². The van der Waals surface area contributed by atoms with Gasteiger partial charge in [-0.2, -0.15) is 0 Å². The first-order valence-electron chi connectivity index (χ1n) is 5.01. The average Bonchev–Trinajstić information content (AvgIpc) is 2.29. The Hall–Kier alpha value is -2.10. The van der Waals surface area contributed by atoms with Crippen LogP contribution in [0.5, 0.6) is 0 Å². The van der Waals surface area contributed by atoms with E-state index >= 15 is 0 Å². The Labute approximate surface area is 93.6 Å². The third kappa shape index (κ3) is 2.11. The fraction of sp³-hybridized carbons (Fsp3) is 0.167. The van der Waals surface area contributed by atoms with Gasteiger partial charge in [0, 0.05) is 25.7 Å². The zero-order valence-corrected chi connectivity index (χ0v) is 9.27. The van der Waals surface area contributed by atoms with Crippen molar-refractivity contribution >= 4 is 5.95 Å². The number of hydrogen-bond donors (Lipinski definition) is 1. The second-order valence-corrected chi connectivity index (χ2v) is 3.71. The summed E-state index contributed by atoms with van der Waals surface area (Å²) in [5.41, 5.74) is 1.49. The summed E-state index contributed by atoms with van der Waals surface area (Å²) < 4.78 is 0. The van der Waals surface area contributed by atoms with E-state index in [4.69, 9.17) is 0 Å². The monoisotopic (exact) mass is 215 g/mol. The highest BCUT2D eigenvalue weighted by atomic mass is 16.1. The molecule has 0 fully saturated rings. The molecule has 1 N–H and O–H groups in total. The van der Waals surface area contributed by atoms with E-state index in [1.54, 1.807) is 4.90 Å². The van der Waals surface area contributed by atoms with Crippen LogP contribution in [0.15, 0.2) is 41.2 Å². The molecular formula is C12H13N3O. The van der Waals surface area contributed by atoms with E-state index in [0.717, 1.165) is 5.56 Å². The normalized spacial score (nSPS) is 10.1. The highest BCUT2D eigenvalue weighted by molar-refractivity contribution is 5.59. The second-order valence-electron chi connectivity index (χ2n) is 3.71. The van der Waals surface area contributed by atoms with Gasteiger partial charge in [-0.25, -0.2) is 4.98 Å². The second kappa shape index (κ2) is 4.18. The maximum atomic E-state index is 11.5. The lowest BCUT2D eigenvalue weighted by atomic mass is 10.1. The standard InChI is InChI=1S/C12H13N3O/c1-15(2)12-13-10(8-11(16)14-12)9-6-4-3-5-7-9/h3-8H,1-2H3,(H,13,14,16). The van der Waals surface area contributed by atoms with Crippen LogP contribution in [0, 0.1) is 0 Å². The minimum atomic E-state index is -0.141. The van der Waals surface area contributed by atoms with Crippen molar-refractivity contribution in [1.29, 1.82) is 0 Å². The lowest BCUT2D eigenvalue weighted by Crippen LogP contribution is -2.18. The fourth-order valence-corrected chi connectivity index (χ4v) is 1.41. The molecule has 0 amide bonds. The molecule has 0 unspecified atom stereocenters. The van der Waals surface area contributed by atoms with Gasteiger partial charge in [-0.1, -0.05) is 30.3 Å². The summed E-state index contributed by atoms with van der Waals surface area (Å²) in [6.07, 6.45) is 0. The van der Waals surface area contributed by atoms with E-state index in [1.807, 2.05) is 44.4 Å². The molecule has 0 atom stereocenters. The first-order valence-corrected chi connectivity index (χ1v) is 5.01. The van der Waals surface area contributed by atoms with E-state index in [0.29, 0.717) is 11.6 Å². The van der Waals surface area contributed by atoms with Gasteiger partial charge >= 0.3 is 0 Å². The van der Waals surface area contributed by atoms with Crippen molar-refractivity contribution in [3.8, 4) is 11.3 Å². The lowest BCUT2D eigenvalue weighted by Gasteiger charge is -2.11. The fourth-order valence-electron chi connectivity index (χ4n) is 1.41. The van der Waals surface area contributed by atoms with Gasteiger partial charge in [0.15, 0.2) is 0 Å². The summed E-state index contributed by atoms with van der Waals surface area (Å²) in [6.45, 7) is 0. The molecule has 0 saturated heterocycles. The molecule has 4 heteroatoms. The van der Waals surface area contributed by atoms with Gasteiger partial charge < -0.3 is 4.90 Å². The van der Waals surface area contributed by atoms with Crippen molar-refractivity contribution in [2.24, 2.45) is 0 Å². The highest BCUT2D eigenvalue weighted by Gasteiger charge is 2.04. The molecule has 1 aromatic heterocycles. The number of anilines is 1. The van der Waals surface area contributed by atoms with Crippen molar-refractivity contribution in [2.75, 3.05) is 19.0 Å². The number of hydrogen-bond acceptors (Lipinski definition) is 3. The zero-order valence-electron chi connectivity index (χ0n) is 9.27. The van der Waals surface area contributed by atoms with Gasteiger partial charge in [0.1, 0.15) is 0 Å². The number of aromatic nitrogens is 2. The first-order chi connectivity index (χ1) is 7.66. The molecule has 0 radical (unpaired) electrons. The zero-order chi connectivity index (χ0) is 11.5. The summed E-state index contributed by atoms with van der Waals surface area (Å²) in [7, 11) is 3.68. The molecule has 0 bridgehead atoms. The summed E-state index contributed by atoms with van der Waals surface area (Å²) in [6, 6.07) is 11.1. The van der Waals surface area contributed by atoms with E-state index in [1.165, 1.54) is 6.07 Å². The Morgan fingerprint density at radius 2 is 1.88 bits per heavy atom. The summed E-state index contributed by atoms with van der Waals surface area (Å²) in [4.78, 5) is 20.3. The molecular weight excluding hydrogens is 202 g/mol. The van der Waals surface area contributed by atoms with Crippen molar-refractivity contribution < 1.29 is 0 Å². The minimum Gasteiger partial charge on any atom is -0.348 e. The summed E-state index contributed by atoms with van der Waals surface area (Å²) >= 11 is 0. The predicted molar refractivity (Wildman–Crippen MR) is 64.6 cm³/mol. The van der Waals surface area contributed by atoms with Crippen molar-refractivity contribution in [3.63, 3.8) is 0 Å². The SMILES string of the molecule is CN(C)c1nc(-c2ccccc2)cc(=O)[nH]1.